The molecule has 1 aromatic rings. The summed E-state index contributed by atoms with van der Waals surface area (Å²) in [5.41, 5.74) is 0.272. The quantitative estimate of drug-likeness (QED) is 0.459. The van der Waals surface area contributed by atoms with Gasteiger partial charge in [-0.3, -0.25) is 0 Å². The number of nitrogens with zero attached hydrogens (tertiary/aromatic N) is 1. The van der Waals surface area contributed by atoms with E-state index in [0.717, 1.165) is 0 Å². The van der Waals surface area contributed by atoms with E-state index >= 15 is 0 Å². The molecule has 1 heterocycles. The number of aromatic nitrogens is 1. The number of halogens is 2. The lowest BCUT2D eigenvalue weighted by Gasteiger charge is -2.07. The molecule has 4 nitrogen and oxygen atoms in total. The molecule has 1 rings (SSSR count). The van der Waals surface area contributed by atoms with Crippen LogP contribution in [0, 0.1) is 5.92 Å². The minimum atomic E-state index is -0.491. The van der Waals surface area contributed by atoms with E-state index in [4.69, 9.17) is 32.7 Å². The van der Waals surface area contributed by atoms with Gasteiger partial charge in [-0.05, 0) is 12.0 Å². The topological polar surface area (TPSA) is 48.4 Å². The van der Waals surface area contributed by atoms with Gasteiger partial charge < -0.3 is 9.47 Å². The van der Waals surface area contributed by atoms with Gasteiger partial charge in [-0.1, -0.05) is 37.0 Å². The Hall–Kier alpha value is -0.840. The number of carbonyl (C=O) groups is 1. The number of esters is 1. The van der Waals surface area contributed by atoms with Crippen molar-refractivity contribution in [3.8, 4) is 0 Å². The summed E-state index contributed by atoms with van der Waals surface area (Å²) >= 11 is 11.4. The number of ether oxygens (including phenoxy) is 2. The normalized spacial score (nSPS) is 10.7. The van der Waals surface area contributed by atoms with Crippen molar-refractivity contribution in [3.63, 3.8) is 0 Å². The van der Waals surface area contributed by atoms with Crippen molar-refractivity contribution in [3.05, 3.63) is 28.0 Å². The summed E-state index contributed by atoms with van der Waals surface area (Å²) in [5, 5.41) is 0.385. The molecule has 0 fully saturated rings. The van der Waals surface area contributed by atoms with Crippen LogP contribution in [0.1, 0.15) is 24.2 Å². The number of rotatable bonds is 6. The van der Waals surface area contributed by atoms with Crippen molar-refractivity contribution in [2.24, 2.45) is 5.92 Å². The van der Waals surface area contributed by atoms with Crippen LogP contribution in [0.25, 0.3) is 0 Å². The zero-order valence-corrected chi connectivity index (χ0v) is 11.8. The standard InChI is InChI=1S/C12H15Cl2NO3/c1-8(2)7-17-3-4-18-12(16)9-5-10(13)11(14)15-6-9/h5-6,8H,3-4,7H2,1-2H3. The maximum absolute atomic E-state index is 11.6. The third-order valence-corrected chi connectivity index (χ3v) is 2.63. The SMILES string of the molecule is CC(C)COCCOC(=O)c1cnc(Cl)c(Cl)c1. The van der Waals surface area contributed by atoms with E-state index in [2.05, 4.69) is 4.98 Å². The second-order valence-electron chi connectivity index (χ2n) is 4.10. The first-order valence-electron chi connectivity index (χ1n) is 5.56. The number of hydrogen-bond donors (Lipinski definition) is 0. The molecule has 6 heteroatoms. The molecule has 18 heavy (non-hydrogen) atoms. The number of carbonyl (C=O) groups excluding carboxylic acids is 1. The Bertz CT molecular complexity index is 410. The van der Waals surface area contributed by atoms with E-state index < -0.39 is 5.97 Å². The van der Waals surface area contributed by atoms with Crippen LogP contribution in [0.15, 0.2) is 12.3 Å². The summed E-state index contributed by atoms with van der Waals surface area (Å²) in [6.07, 6.45) is 1.32. The van der Waals surface area contributed by atoms with Crippen LogP contribution in [0.4, 0.5) is 0 Å². The van der Waals surface area contributed by atoms with Crippen LogP contribution in [-0.4, -0.2) is 30.8 Å². The highest BCUT2D eigenvalue weighted by atomic mass is 35.5. The summed E-state index contributed by atoms with van der Waals surface area (Å²) in [4.78, 5) is 15.4. The zero-order valence-electron chi connectivity index (χ0n) is 10.3. The van der Waals surface area contributed by atoms with Gasteiger partial charge in [0.05, 0.1) is 17.2 Å². The highest BCUT2D eigenvalue weighted by Gasteiger charge is 2.10. The van der Waals surface area contributed by atoms with Crippen LogP contribution in [0.3, 0.4) is 0 Å². The van der Waals surface area contributed by atoms with Gasteiger partial charge in [0.15, 0.2) is 0 Å². The third-order valence-electron chi connectivity index (χ3n) is 1.94. The van der Waals surface area contributed by atoms with E-state index in [9.17, 15) is 4.79 Å². The van der Waals surface area contributed by atoms with Gasteiger partial charge in [0.1, 0.15) is 11.8 Å². The molecule has 0 saturated carbocycles. The molecular weight excluding hydrogens is 277 g/mol. The summed E-state index contributed by atoms with van der Waals surface area (Å²) in [7, 11) is 0. The van der Waals surface area contributed by atoms with Crippen molar-refractivity contribution in [1.82, 2.24) is 4.98 Å². The fraction of sp³-hybridized carbons (Fsp3) is 0.500. The molecule has 0 radical (unpaired) electrons. The van der Waals surface area contributed by atoms with E-state index in [1.165, 1.54) is 12.3 Å². The summed E-state index contributed by atoms with van der Waals surface area (Å²) < 4.78 is 10.3. The highest BCUT2D eigenvalue weighted by Crippen LogP contribution is 2.19. The third kappa shape index (κ3) is 5.21. The van der Waals surface area contributed by atoms with Gasteiger partial charge in [-0.15, -0.1) is 0 Å². The lowest BCUT2D eigenvalue weighted by molar-refractivity contribution is 0.0277. The monoisotopic (exact) mass is 291 g/mol. The molecule has 0 N–H and O–H groups in total. The molecule has 0 amide bonds. The second-order valence-corrected chi connectivity index (χ2v) is 4.87. The predicted molar refractivity (Wildman–Crippen MR) is 70.2 cm³/mol. The highest BCUT2D eigenvalue weighted by molar-refractivity contribution is 6.41. The van der Waals surface area contributed by atoms with Crippen molar-refractivity contribution in [2.45, 2.75) is 13.8 Å². The molecule has 0 aliphatic heterocycles. The van der Waals surface area contributed by atoms with Crippen molar-refractivity contribution >= 4 is 29.2 Å². The van der Waals surface area contributed by atoms with Gasteiger partial charge >= 0.3 is 5.97 Å². The second kappa shape index (κ2) is 7.56. The van der Waals surface area contributed by atoms with E-state index in [1.54, 1.807) is 0 Å². The molecular formula is C12H15Cl2NO3. The molecule has 0 aliphatic rings. The maximum atomic E-state index is 11.6. The zero-order chi connectivity index (χ0) is 13.5. The van der Waals surface area contributed by atoms with E-state index in [-0.39, 0.29) is 22.3 Å². The molecule has 1 aromatic heterocycles. The first kappa shape index (κ1) is 15.2. The van der Waals surface area contributed by atoms with Gasteiger partial charge in [0, 0.05) is 12.8 Å². The summed E-state index contributed by atoms with van der Waals surface area (Å²) in [6.45, 7) is 5.32. The molecule has 0 aromatic carbocycles. The summed E-state index contributed by atoms with van der Waals surface area (Å²) in [6, 6.07) is 1.42. The van der Waals surface area contributed by atoms with Gasteiger partial charge in [0.2, 0.25) is 0 Å². The fourth-order valence-corrected chi connectivity index (χ4v) is 1.40. The largest absolute Gasteiger partial charge is 0.460 e. The Kier molecular flexibility index (Phi) is 6.39. The van der Waals surface area contributed by atoms with E-state index in [0.29, 0.717) is 19.1 Å². The van der Waals surface area contributed by atoms with Crippen LogP contribution in [-0.2, 0) is 9.47 Å². The van der Waals surface area contributed by atoms with Crippen LogP contribution in [0.2, 0.25) is 10.2 Å². The molecule has 0 unspecified atom stereocenters. The molecule has 0 bridgehead atoms. The Morgan fingerprint density at radius 2 is 2.11 bits per heavy atom. The maximum Gasteiger partial charge on any atom is 0.339 e. The van der Waals surface area contributed by atoms with Gasteiger partial charge in [0.25, 0.3) is 0 Å². The number of hydrogen-bond acceptors (Lipinski definition) is 4. The molecule has 0 atom stereocenters. The summed E-state index contributed by atoms with van der Waals surface area (Å²) in [5.74, 6) is -0.0332. The smallest absolute Gasteiger partial charge is 0.339 e. The molecule has 100 valence electrons. The Labute approximate surface area is 116 Å². The van der Waals surface area contributed by atoms with Gasteiger partial charge in [-0.25, -0.2) is 9.78 Å². The van der Waals surface area contributed by atoms with E-state index in [1.807, 2.05) is 13.8 Å². The lowest BCUT2D eigenvalue weighted by atomic mass is 10.2. The van der Waals surface area contributed by atoms with Crippen molar-refractivity contribution in [2.75, 3.05) is 19.8 Å². The molecule has 0 spiro atoms. The van der Waals surface area contributed by atoms with Gasteiger partial charge in [-0.2, -0.15) is 0 Å². The Morgan fingerprint density at radius 1 is 1.39 bits per heavy atom. The average Bonchev–Trinajstić information content (AvgIpc) is 2.31. The molecule has 0 saturated heterocycles. The van der Waals surface area contributed by atoms with Crippen LogP contribution >= 0.6 is 23.2 Å². The van der Waals surface area contributed by atoms with Crippen LogP contribution in [0.5, 0.6) is 0 Å². The predicted octanol–water partition coefficient (Wildman–Crippen LogP) is 3.22. The molecule has 0 aliphatic carbocycles. The fourth-order valence-electron chi connectivity index (χ4n) is 1.13. The first-order chi connectivity index (χ1) is 8.50. The minimum absolute atomic E-state index is 0.161. The first-order valence-corrected chi connectivity index (χ1v) is 6.32. The van der Waals surface area contributed by atoms with Crippen molar-refractivity contribution in [1.29, 1.82) is 0 Å². The minimum Gasteiger partial charge on any atom is -0.460 e. The Balaban J connectivity index is 2.34. The Morgan fingerprint density at radius 3 is 2.72 bits per heavy atom. The van der Waals surface area contributed by atoms with Crippen molar-refractivity contribution < 1.29 is 14.3 Å². The number of pyridine rings is 1. The lowest BCUT2D eigenvalue weighted by Crippen LogP contribution is -2.13. The van der Waals surface area contributed by atoms with Crippen LogP contribution < -0.4 is 0 Å². The average molecular weight is 292 g/mol.